The zero-order chi connectivity index (χ0) is 16.3. The zero-order valence-electron chi connectivity index (χ0n) is 14.9. The highest BCUT2D eigenvalue weighted by molar-refractivity contribution is 5.93. The number of amides is 1. The van der Waals surface area contributed by atoms with Crippen molar-refractivity contribution in [3.05, 3.63) is 29.3 Å². The number of benzene rings is 1. The van der Waals surface area contributed by atoms with Crippen LogP contribution >= 0.6 is 12.4 Å². The van der Waals surface area contributed by atoms with Crippen molar-refractivity contribution in [2.24, 2.45) is 0 Å². The minimum atomic E-state index is 0. The molecule has 1 aromatic rings. The lowest BCUT2D eigenvalue weighted by Crippen LogP contribution is -2.63. The van der Waals surface area contributed by atoms with Gasteiger partial charge in [-0.3, -0.25) is 9.69 Å². The van der Waals surface area contributed by atoms with Crippen LogP contribution in [0.1, 0.15) is 43.2 Å². The van der Waals surface area contributed by atoms with Crippen LogP contribution in [0.4, 0.5) is 5.69 Å². The summed E-state index contributed by atoms with van der Waals surface area (Å²) < 4.78 is 0. The molecule has 0 radical (unpaired) electrons. The molecule has 1 aliphatic carbocycles. The Kier molecular flexibility index (Phi) is 6.67. The number of anilines is 1. The van der Waals surface area contributed by atoms with Gasteiger partial charge in [-0.25, -0.2) is 0 Å². The normalized spacial score (nSPS) is 20.4. The molecule has 4 nitrogen and oxygen atoms in total. The molecule has 1 aliphatic heterocycles. The summed E-state index contributed by atoms with van der Waals surface area (Å²) in [6.45, 7) is 7.65. The van der Waals surface area contributed by atoms with Crippen LogP contribution < -0.4 is 10.6 Å². The highest BCUT2D eigenvalue weighted by Crippen LogP contribution is 2.34. The Labute approximate surface area is 151 Å². The van der Waals surface area contributed by atoms with Crippen LogP contribution in [0, 0.1) is 13.8 Å². The van der Waals surface area contributed by atoms with E-state index < -0.39 is 0 Å². The first-order valence-electron chi connectivity index (χ1n) is 8.93. The highest BCUT2D eigenvalue weighted by Gasteiger charge is 2.40. The molecule has 2 fully saturated rings. The number of halogens is 1. The second-order valence-electron chi connectivity index (χ2n) is 7.18. The van der Waals surface area contributed by atoms with Gasteiger partial charge in [-0.05, 0) is 43.9 Å². The Morgan fingerprint density at radius 2 is 2.00 bits per heavy atom. The summed E-state index contributed by atoms with van der Waals surface area (Å²) in [5, 5.41) is 6.66. The van der Waals surface area contributed by atoms with E-state index in [0.717, 1.165) is 30.9 Å². The molecule has 24 heavy (non-hydrogen) atoms. The van der Waals surface area contributed by atoms with Crippen LogP contribution in [0.3, 0.4) is 0 Å². The van der Waals surface area contributed by atoms with Gasteiger partial charge < -0.3 is 10.6 Å². The molecule has 1 aromatic carbocycles. The largest absolute Gasteiger partial charge is 0.325 e. The van der Waals surface area contributed by atoms with Crippen LogP contribution in [0.2, 0.25) is 0 Å². The third-order valence-electron chi connectivity index (χ3n) is 5.68. The molecule has 1 spiro atoms. The van der Waals surface area contributed by atoms with E-state index in [1.54, 1.807) is 0 Å². The maximum Gasteiger partial charge on any atom is 0.238 e. The molecule has 2 N–H and O–H groups in total. The molecular weight excluding hydrogens is 322 g/mol. The molecule has 1 saturated carbocycles. The molecule has 3 rings (SSSR count). The molecule has 5 heteroatoms. The molecule has 0 unspecified atom stereocenters. The van der Waals surface area contributed by atoms with Crippen molar-refractivity contribution in [3.8, 4) is 0 Å². The number of piperazine rings is 1. The molecule has 0 atom stereocenters. The number of nitrogens with one attached hydrogen (secondary N) is 2. The molecule has 1 saturated heterocycles. The van der Waals surface area contributed by atoms with Crippen molar-refractivity contribution < 1.29 is 4.79 Å². The van der Waals surface area contributed by atoms with Crippen molar-refractivity contribution in [2.75, 3.05) is 31.5 Å². The lowest BCUT2D eigenvalue weighted by atomic mass is 9.79. The fourth-order valence-electron chi connectivity index (χ4n) is 4.08. The summed E-state index contributed by atoms with van der Waals surface area (Å²) in [7, 11) is 0. The fraction of sp³-hybridized carbons (Fsp3) is 0.632. The summed E-state index contributed by atoms with van der Waals surface area (Å²) in [6, 6.07) is 6.08. The van der Waals surface area contributed by atoms with Gasteiger partial charge in [0.2, 0.25) is 5.91 Å². The fourth-order valence-corrected chi connectivity index (χ4v) is 4.08. The minimum Gasteiger partial charge on any atom is -0.325 e. The van der Waals surface area contributed by atoms with Crippen LogP contribution in [0.25, 0.3) is 0 Å². The topological polar surface area (TPSA) is 44.4 Å². The maximum absolute atomic E-state index is 12.6. The molecule has 1 heterocycles. The third-order valence-corrected chi connectivity index (χ3v) is 5.68. The van der Waals surface area contributed by atoms with Gasteiger partial charge in [0, 0.05) is 30.9 Å². The van der Waals surface area contributed by atoms with E-state index in [0.29, 0.717) is 6.54 Å². The van der Waals surface area contributed by atoms with E-state index in [-0.39, 0.29) is 23.9 Å². The molecule has 0 aromatic heterocycles. The monoisotopic (exact) mass is 351 g/mol. The van der Waals surface area contributed by atoms with Crippen molar-refractivity contribution in [1.82, 2.24) is 10.2 Å². The van der Waals surface area contributed by atoms with E-state index >= 15 is 0 Å². The van der Waals surface area contributed by atoms with Gasteiger partial charge >= 0.3 is 0 Å². The van der Waals surface area contributed by atoms with Crippen LogP contribution in [0.5, 0.6) is 0 Å². The number of rotatable bonds is 3. The summed E-state index contributed by atoms with van der Waals surface area (Å²) in [6.07, 6.45) is 6.35. The van der Waals surface area contributed by atoms with Gasteiger partial charge in [-0.15, -0.1) is 12.4 Å². The van der Waals surface area contributed by atoms with Crippen LogP contribution in [-0.2, 0) is 4.79 Å². The van der Waals surface area contributed by atoms with Crippen molar-refractivity contribution in [1.29, 1.82) is 0 Å². The Morgan fingerprint density at radius 1 is 1.25 bits per heavy atom. The van der Waals surface area contributed by atoms with E-state index in [4.69, 9.17) is 0 Å². The van der Waals surface area contributed by atoms with E-state index in [1.165, 1.54) is 37.7 Å². The molecule has 134 valence electrons. The SMILES string of the molecule is Cc1cccc(NC(=O)CN2CCNCC23CCCCC3)c1C.Cl. The number of aryl methyl sites for hydroxylation is 1. The van der Waals surface area contributed by atoms with Gasteiger partial charge in [0.1, 0.15) is 0 Å². The van der Waals surface area contributed by atoms with Gasteiger partial charge in [0.05, 0.1) is 6.54 Å². The second kappa shape index (κ2) is 8.32. The van der Waals surface area contributed by atoms with Crippen molar-refractivity contribution in [2.45, 2.75) is 51.5 Å². The highest BCUT2D eigenvalue weighted by atomic mass is 35.5. The number of carbonyl (C=O) groups excluding carboxylic acids is 1. The lowest BCUT2D eigenvalue weighted by molar-refractivity contribution is -0.120. The van der Waals surface area contributed by atoms with Crippen molar-refractivity contribution in [3.63, 3.8) is 0 Å². The molecule has 2 aliphatic rings. The van der Waals surface area contributed by atoms with Crippen molar-refractivity contribution >= 4 is 24.0 Å². The summed E-state index contributed by atoms with van der Waals surface area (Å²) in [4.78, 5) is 15.0. The number of hydrogen-bond donors (Lipinski definition) is 2. The number of nitrogens with zero attached hydrogens (tertiary/aromatic N) is 1. The quantitative estimate of drug-likeness (QED) is 0.878. The predicted octanol–water partition coefficient (Wildman–Crippen LogP) is 3.27. The summed E-state index contributed by atoms with van der Waals surface area (Å²) >= 11 is 0. The average Bonchev–Trinajstić information content (AvgIpc) is 2.55. The van der Waals surface area contributed by atoms with Gasteiger partial charge in [-0.2, -0.15) is 0 Å². The first-order valence-corrected chi connectivity index (χ1v) is 8.93. The first-order chi connectivity index (χ1) is 11.1. The summed E-state index contributed by atoms with van der Waals surface area (Å²) in [5.41, 5.74) is 3.53. The van der Waals surface area contributed by atoms with E-state index in [2.05, 4.69) is 35.4 Å². The predicted molar refractivity (Wildman–Crippen MR) is 102 cm³/mol. The summed E-state index contributed by atoms with van der Waals surface area (Å²) in [5.74, 6) is 0.116. The molecule has 1 amide bonds. The van der Waals surface area contributed by atoms with Gasteiger partial charge in [0.25, 0.3) is 0 Å². The van der Waals surface area contributed by atoms with Gasteiger partial charge in [-0.1, -0.05) is 31.4 Å². The lowest BCUT2D eigenvalue weighted by Gasteiger charge is -2.49. The smallest absolute Gasteiger partial charge is 0.238 e. The number of hydrogen-bond acceptors (Lipinski definition) is 3. The first kappa shape index (κ1) is 19.2. The Bertz CT molecular complexity index is 561. The second-order valence-corrected chi connectivity index (χ2v) is 7.18. The standard InChI is InChI=1S/C19H29N3O.ClH/c1-15-7-6-8-17(16(15)2)21-18(23)13-22-12-11-20-14-19(22)9-4-3-5-10-19;/h6-8,20H,3-5,9-14H2,1-2H3,(H,21,23);1H. The van der Waals surface area contributed by atoms with Gasteiger partial charge in [0.15, 0.2) is 0 Å². The third kappa shape index (κ3) is 4.11. The number of carbonyl (C=O) groups is 1. The molecule has 0 bridgehead atoms. The maximum atomic E-state index is 12.6. The van der Waals surface area contributed by atoms with Crippen LogP contribution in [-0.4, -0.2) is 42.5 Å². The van der Waals surface area contributed by atoms with Crippen LogP contribution in [0.15, 0.2) is 18.2 Å². The Balaban J connectivity index is 0.00000208. The van der Waals surface area contributed by atoms with E-state index in [1.807, 2.05) is 12.1 Å². The zero-order valence-corrected chi connectivity index (χ0v) is 15.7. The average molecular weight is 352 g/mol. The Hall–Kier alpha value is -1.10. The minimum absolute atomic E-state index is 0. The van der Waals surface area contributed by atoms with E-state index in [9.17, 15) is 4.79 Å². The molecular formula is C19H30ClN3O. The Morgan fingerprint density at radius 3 is 2.75 bits per heavy atom.